The minimum absolute atomic E-state index is 0.185. The van der Waals surface area contributed by atoms with Gasteiger partial charge in [0.2, 0.25) is 0 Å². The largest absolute Gasteiger partial charge is 0.335 e. The standard InChI is InChI=1S/C30H26F2N8/c31-22-8-4-3-7-20(22)21-14-35-15-24-28(21)38-30(37-24)29-25-23(39-40-29)16-36-27(26(25)32)19-9-18(12-34-13-19)11-33-10-17-5-1-2-6-17/h3-4,7-9,12-17,33H,1-2,5-6,10-11H2,(H,37,38)(H,39,40). The summed E-state index contributed by atoms with van der Waals surface area (Å²) in [5.74, 6) is 0.171. The second-order valence-corrected chi connectivity index (χ2v) is 10.3. The summed E-state index contributed by atoms with van der Waals surface area (Å²) in [4.78, 5) is 20.9. The van der Waals surface area contributed by atoms with Gasteiger partial charge in [-0.05, 0) is 43.0 Å². The summed E-state index contributed by atoms with van der Waals surface area (Å²) in [6, 6.07) is 8.37. The third kappa shape index (κ3) is 4.40. The first kappa shape index (κ1) is 24.5. The molecular weight excluding hydrogens is 510 g/mol. The fraction of sp³-hybridized carbons (Fsp3) is 0.233. The smallest absolute Gasteiger partial charge is 0.161 e. The first-order chi connectivity index (χ1) is 19.7. The lowest BCUT2D eigenvalue weighted by Gasteiger charge is -2.11. The Labute approximate surface area is 228 Å². The molecule has 0 saturated heterocycles. The van der Waals surface area contributed by atoms with Crippen LogP contribution in [-0.2, 0) is 6.54 Å². The highest BCUT2D eigenvalue weighted by molar-refractivity contribution is 5.97. The molecule has 7 rings (SSSR count). The molecule has 1 fully saturated rings. The van der Waals surface area contributed by atoms with Gasteiger partial charge in [-0.15, -0.1) is 0 Å². The number of rotatable bonds is 7. The van der Waals surface area contributed by atoms with E-state index < -0.39 is 5.82 Å². The van der Waals surface area contributed by atoms with E-state index in [0.29, 0.717) is 51.3 Å². The van der Waals surface area contributed by atoms with Crippen molar-refractivity contribution in [1.82, 2.24) is 40.4 Å². The van der Waals surface area contributed by atoms with Crippen LogP contribution in [0.2, 0.25) is 0 Å². The number of nitrogens with zero attached hydrogens (tertiary/aromatic N) is 5. The summed E-state index contributed by atoms with van der Waals surface area (Å²) in [6.45, 7) is 1.64. The SMILES string of the molecule is Fc1ccccc1-c1cncc2[nH]c(-c3n[nH]c4cnc(-c5cncc(CNCC6CCCC6)c5)c(F)c34)nc12. The maximum atomic E-state index is 16.1. The van der Waals surface area contributed by atoms with Crippen molar-refractivity contribution in [2.24, 2.45) is 5.92 Å². The number of H-pyrrole nitrogens is 2. The normalized spacial score (nSPS) is 14.1. The zero-order valence-corrected chi connectivity index (χ0v) is 21.6. The van der Waals surface area contributed by atoms with Crippen LogP contribution in [0.3, 0.4) is 0 Å². The van der Waals surface area contributed by atoms with Crippen molar-refractivity contribution in [3.05, 3.63) is 78.5 Å². The Morgan fingerprint density at radius 3 is 2.62 bits per heavy atom. The van der Waals surface area contributed by atoms with Gasteiger partial charge in [-0.3, -0.25) is 20.1 Å². The summed E-state index contributed by atoms with van der Waals surface area (Å²) in [6.07, 6.45) is 13.3. The van der Waals surface area contributed by atoms with Crippen LogP contribution in [0.25, 0.3) is 55.8 Å². The van der Waals surface area contributed by atoms with Crippen molar-refractivity contribution in [2.75, 3.05) is 6.54 Å². The number of imidazole rings is 1. The van der Waals surface area contributed by atoms with Gasteiger partial charge < -0.3 is 10.3 Å². The van der Waals surface area contributed by atoms with Crippen LogP contribution < -0.4 is 5.32 Å². The second-order valence-electron chi connectivity index (χ2n) is 10.3. The first-order valence-electron chi connectivity index (χ1n) is 13.4. The number of hydrogen-bond donors (Lipinski definition) is 3. The van der Waals surface area contributed by atoms with Gasteiger partial charge in [0.15, 0.2) is 11.6 Å². The van der Waals surface area contributed by atoms with Crippen LogP contribution in [0.1, 0.15) is 31.2 Å². The van der Waals surface area contributed by atoms with Gasteiger partial charge in [0.25, 0.3) is 0 Å². The molecule has 10 heteroatoms. The molecule has 8 nitrogen and oxygen atoms in total. The van der Waals surface area contributed by atoms with Gasteiger partial charge in [-0.1, -0.05) is 31.0 Å². The van der Waals surface area contributed by atoms with E-state index in [-0.39, 0.29) is 16.9 Å². The third-order valence-electron chi connectivity index (χ3n) is 7.63. The maximum absolute atomic E-state index is 16.1. The van der Waals surface area contributed by atoms with Crippen LogP contribution in [-0.4, -0.2) is 41.7 Å². The Morgan fingerprint density at radius 2 is 1.75 bits per heavy atom. The predicted octanol–water partition coefficient (Wildman–Crippen LogP) is 6.18. The van der Waals surface area contributed by atoms with Crippen molar-refractivity contribution in [3.8, 4) is 33.9 Å². The van der Waals surface area contributed by atoms with E-state index in [1.807, 2.05) is 6.07 Å². The monoisotopic (exact) mass is 536 g/mol. The Bertz CT molecular complexity index is 1840. The summed E-state index contributed by atoms with van der Waals surface area (Å²) in [7, 11) is 0. The van der Waals surface area contributed by atoms with Crippen molar-refractivity contribution in [3.63, 3.8) is 0 Å². The molecule has 1 aliphatic rings. The van der Waals surface area contributed by atoms with Crippen molar-refractivity contribution in [1.29, 1.82) is 0 Å². The molecule has 6 aromatic rings. The minimum atomic E-state index is -0.521. The number of fused-ring (bicyclic) bond motifs is 2. The van der Waals surface area contributed by atoms with E-state index >= 15 is 4.39 Å². The lowest BCUT2D eigenvalue weighted by atomic mass is 10.1. The van der Waals surface area contributed by atoms with E-state index in [0.717, 1.165) is 18.0 Å². The lowest BCUT2D eigenvalue weighted by Crippen LogP contribution is -2.20. The average molecular weight is 537 g/mol. The van der Waals surface area contributed by atoms with Crippen LogP contribution in [0.5, 0.6) is 0 Å². The van der Waals surface area contributed by atoms with Crippen LogP contribution >= 0.6 is 0 Å². The van der Waals surface area contributed by atoms with Gasteiger partial charge in [-0.2, -0.15) is 5.10 Å². The molecule has 40 heavy (non-hydrogen) atoms. The molecule has 1 aromatic carbocycles. The molecule has 5 aromatic heterocycles. The zero-order chi connectivity index (χ0) is 27.1. The van der Waals surface area contributed by atoms with E-state index in [2.05, 4.69) is 35.5 Å². The highest BCUT2D eigenvalue weighted by Gasteiger charge is 2.22. The lowest BCUT2D eigenvalue weighted by molar-refractivity contribution is 0.489. The van der Waals surface area contributed by atoms with E-state index in [1.165, 1.54) is 31.7 Å². The van der Waals surface area contributed by atoms with Crippen LogP contribution in [0.4, 0.5) is 8.78 Å². The van der Waals surface area contributed by atoms with E-state index in [1.54, 1.807) is 49.2 Å². The second kappa shape index (κ2) is 10.2. The Kier molecular flexibility index (Phi) is 6.24. The zero-order valence-electron chi connectivity index (χ0n) is 21.6. The number of pyridine rings is 3. The molecule has 0 radical (unpaired) electrons. The van der Waals surface area contributed by atoms with Crippen molar-refractivity contribution in [2.45, 2.75) is 32.2 Å². The van der Waals surface area contributed by atoms with Crippen molar-refractivity contribution >= 4 is 21.9 Å². The van der Waals surface area contributed by atoms with Crippen LogP contribution in [0, 0.1) is 17.6 Å². The van der Waals surface area contributed by atoms with Gasteiger partial charge in [0.1, 0.15) is 22.7 Å². The highest BCUT2D eigenvalue weighted by atomic mass is 19.1. The third-order valence-corrected chi connectivity index (χ3v) is 7.63. The quantitative estimate of drug-likeness (QED) is 0.225. The number of aromatic amines is 2. The topological polar surface area (TPSA) is 108 Å². The fourth-order valence-corrected chi connectivity index (χ4v) is 5.62. The van der Waals surface area contributed by atoms with Crippen LogP contribution in [0.15, 0.2) is 61.3 Å². The molecule has 5 heterocycles. The molecule has 3 N–H and O–H groups in total. The molecule has 1 saturated carbocycles. The summed E-state index contributed by atoms with van der Waals surface area (Å²) < 4.78 is 30.7. The number of nitrogens with one attached hydrogen (secondary N) is 3. The van der Waals surface area contributed by atoms with E-state index in [4.69, 9.17) is 4.98 Å². The number of benzene rings is 1. The van der Waals surface area contributed by atoms with Crippen molar-refractivity contribution < 1.29 is 8.78 Å². The molecule has 0 bridgehead atoms. The highest BCUT2D eigenvalue weighted by Crippen LogP contribution is 2.34. The number of halogens is 2. The van der Waals surface area contributed by atoms with Gasteiger partial charge in [-0.25, -0.2) is 13.8 Å². The van der Waals surface area contributed by atoms with Gasteiger partial charge in [0, 0.05) is 41.8 Å². The molecule has 1 aliphatic carbocycles. The minimum Gasteiger partial charge on any atom is -0.335 e. The maximum Gasteiger partial charge on any atom is 0.161 e. The molecule has 0 amide bonds. The molecule has 0 spiro atoms. The molecule has 0 aliphatic heterocycles. The number of hydrogen-bond acceptors (Lipinski definition) is 6. The first-order valence-corrected chi connectivity index (χ1v) is 13.4. The molecule has 0 atom stereocenters. The molecule has 0 unspecified atom stereocenters. The summed E-state index contributed by atoms with van der Waals surface area (Å²) in [5, 5.41) is 11.0. The Morgan fingerprint density at radius 1 is 0.900 bits per heavy atom. The Balaban J connectivity index is 1.24. The van der Waals surface area contributed by atoms with Gasteiger partial charge >= 0.3 is 0 Å². The van der Waals surface area contributed by atoms with E-state index in [9.17, 15) is 4.39 Å². The Hall–Kier alpha value is -4.57. The summed E-state index contributed by atoms with van der Waals surface area (Å²) >= 11 is 0. The molecular formula is C30H26F2N8. The van der Waals surface area contributed by atoms with Gasteiger partial charge in [0.05, 0.1) is 28.8 Å². The summed E-state index contributed by atoms with van der Waals surface area (Å²) in [5.41, 5.74) is 4.49. The molecule has 200 valence electrons. The number of aromatic nitrogens is 7. The average Bonchev–Trinajstić information content (AvgIpc) is 3.73. The predicted molar refractivity (Wildman–Crippen MR) is 149 cm³/mol. The fourth-order valence-electron chi connectivity index (χ4n) is 5.62.